The number of hydrazine groups is 1. The summed E-state index contributed by atoms with van der Waals surface area (Å²) in [6.07, 6.45) is 0. The van der Waals surface area contributed by atoms with Crippen LogP contribution in [0.2, 0.25) is 0 Å². The van der Waals surface area contributed by atoms with Crippen LogP contribution in [0.5, 0.6) is 5.75 Å². The highest BCUT2D eigenvalue weighted by atomic mass is 16.5. The van der Waals surface area contributed by atoms with Gasteiger partial charge >= 0.3 is 0 Å². The van der Waals surface area contributed by atoms with Crippen molar-refractivity contribution in [3.63, 3.8) is 0 Å². The maximum Gasteiger partial charge on any atom is 0.276 e. The molecule has 2 N–H and O–H groups in total. The van der Waals surface area contributed by atoms with E-state index < -0.39 is 5.91 Å². The summed E-state index contributed by atoms with van der Waals surface area (Å²) in [6, 6.07) is 10.8. The van der Waals surface area contributed by atoms with Crippen molar-refractivity contribution in [1.29, 1.82) is 0 Å². The molecule has 0 saturated carbocycles. The number of hydrogen-bond acceptors (Lipinski definition) is 4. The quantitative estimate of drug-likeness (QED) is 0.797. The number of aromatic nitrogens is 2. The summed E-state index contributed by atoms with van der Waals surface area (Å²) in [5, 5.41) is 4.17. The lowest BCUT2D eigenvalue weighted by Gasteiger charge is -2.09. The van der Waals surface area contributed by atoms with Gasteiger partial charge in [0.2, 0.25) is 0 Å². The first kappa shape index (κ1) is 15.6. The van der Waals surface area contributed by atoms with Crippen LogP contribution in [-0.4, -0.2) is 28.2 Å². The van der Waals surface area contributed by atoms with E-state index in [-0.39, 0.29) is 19.1 Å². The first-order chi connectivity index (χ1) is 10.5. The lowest BCUT2D eigenvalue weighted by atomic mass is 10.3. The molecule has 0 saturated heterocycles. The lowest BCUT2D eigenvalue weighted by molar-refractivity contribution is -0.130. The maximum absolute atomic E-state index is 11.7. The molecule has 0 fully saturated rings. The van der Waals surface area contributed by atoms with Gasteiger partial charge in [-0.25, -0.2) is 0 Å². The predicted octanol–water partition coefficient (Wildman–Crippen LogP) is 0.726. The van der Waals surface area contributed by atoms with E-state index in [9.17, 15) is 9.59 Å². The summed E-state index contributed by atoms with van der Waals surface area (Å²) in [6.45, 7) is 3.58. The van der Waals surface area contributed by atoms with Gasteiger partial charge < -0.3 is 4.74 Å². The van der Waals surface area contributed by atoms with Crippen LogP contribution in [0.15, 0.2) is 36.4 Å². The molecule has 2 rings (SSSR count). The molecule has 0 bridgehead atoms. The van der Waals surface area contributed by atoms with E-state index in [2.05, 4.69) is 16.0 Å². The zero-order chi connectivity index (χ0) is 15.9. The lowest BCUT2D eigenvalue weighted by Crippen LogP contribution is -2.45. The summed E-state index contributed by atoms with van der Waals surface area (Å²) < 4.78 is 6.83. The number of amides is 2. The van der Waals surface area contributed by atoms with Crippen LogP contribution in [0.1, 0.15) is 11.4 Å². The Balaban J connectivity index is 1.72. The number of carbonyl (C=O) groups is 2. The zero-order valence-electron chi connectivity index (χ0n) is 12.5. The summed E-state index contributed by atoms with van der Waals surface area (Å²) in [7, 11) is 0. The van der Waals surface area contributed by atoms with Gasteiger partial charge in [0.15, 0.2) is 6.61 Å². The van der Waals surface area contributed by atoms with Crippen molar-refractivity contribution in [2.24, 2.45) is 0 Å². The number of hydrogen-bond donors (Lipinski definition) is 2. The highest BCUT2D eigenvalue weighted by Gasteiger charge is 2.08. The molecule has 2 aromatic rings. The molecule has 0 atom stereocenters. The second-order valence-electron chi connectivity index (χ2n) is 4.78. The number of benzene rings is 1. The minimum Gasteiger partial charge on any atom is -0.484 e. The normalized spacial score (nSPS) is 10.1. The number of nitrogens with one attached hydrogen (secondary N) is 2. The van der Waals surface area contributed by atoms with Gasteiger partial charge in [0.1, 0.15) is 12.3 Å². The topological polar surface area (TPSA) is 85.2 Å². The molecular weight excluding hydrogens is 284 g/mol. The van der Waals surface area contributed by atoms with E-state index in [1.54, 1.807) is 16.8 Å². The van der Waals surface area contributed by atoms with Gasteiger partial charge in [-0.1, -0.05) is 18.2 Å². The Hall–Kier alpha value is -2.83. The van der Waals surface area contributed by atoms with Gasteiger partial charge in [-0.2, -0.15) is 5.10 Å². The largest absolute Gasteiger partial charge is 0.484 e. The standard InChI is InChI=1S/C15H18N4O3/c1-11-8-12(2)19(18-11)9-14(20)16-17-15(21)10-22-13-6-4-3-5-7-13/h3-8H,9-10H2,1-2H3,(H,16,20)(H,17,21). The van der Waals surface area contributed by atoms with E-state index in [0.717, 1.165) is 11.4 Å². The molecule has 0 aliphatic heterocycles. The Labute approximate surface area is 128 Å². The SMILES string of the molecule is Cc1cc(C)n(CC(=O)NNC(=O)COc2ccccc2)n1. The van der Waals surface area contributed by atoms with Crippen LogP contribution >= 0.6 is 0 Å². The Morgan fingerprint density at radius 1 is 1.14 bits per heavy atom. The Bertz CT molecular complexity index is 652. The van der Waals surface area contributed by atoms with Crippen LogP contribution in [0, 0.1) is 13.8 Å². The minimum absolute atomic E-state index is 0.0412. The van der Waals surface area contributed by atoms with Gasteiger partial charge in [-0.05, 0) is 32.0 Å². The van der Waals surface area contributed by atoms with E-state index in [1.807, 2.05) is 38.1 Å². The number of ether oxygens (including phenoxy) is 1. The predicted molar refractivity (Wildman–Crippen MR) is 79.9 cm³/mol. The molecule has 1 aromatic heterocycles. The Morgan fingerprint density at radius 3 is 2.45 bits per heavy atom. The first-order valence-corrected chi connectivity index (χ1v) is 6.81. The van der Waals surface area contributed by atoms with Crippen molar-refractivity contribution < 1.29 is 14.3 Å². The second kappa shape index (κ2) is 7.26. The Morgan fingerprint density at radius 2 is 1.82 bits per heavy atom. The van der Waals surface area contributed by atoms with E-state index in [1.165, 1.54) is 0 Å². The monoisotopic (exact) mass is 302 g/mol. The average molecular weight is 302 g/mol. The number of aryl methyl sites for hydroxylation is 2. The van der Waals surface area contributed by atoms with Gasteiger partial charge in [0.05, 0.1) is 5.69 Å². The van der Waals surface area contributed by atoms with Crippen molar-refractivity contribution in [2.45, 2.75) is 20.4 Å². The van der Waals surface area contributed by atoms with Crippen molar-refractivity contribution >= 4 is 11.8 Å². The van der Waals surface area contributed by atoms with Gasteiger partial charge in [-0.15, -0.1) is 0 Å². The molecule has 0 aliphatic rings. The van der Waals surface area contributed by atoms with Crippen LogP contribution in [-0.2, 0) is 16.1 Å². The first-order valence-electron chi connectivity index (χ1n) is 6.81. The molecule has 2 amide bonds. The number of nitrogens with zero attached hydrogens (tertiary/aromatic N) is 2. The van der Waals surface area contributed by atoms with Crippen LogP contribution < -0.4 is 15.6 Å². The van der Waals surface area contributed by atoms with E-state index >= 15 is 0 Å². The molecule has 7 heteroatoms. The van der Waals surface area contributed by atoms with Gasteiger partial charge in [-0.3, -0.25) is 25.1 Å². The van der Waals surface area contributed by atoms with Gasteiger partial charge in [0, 0.05) is 5.69 Å². The molecule has 116 valence electrons. The van der Waals surface area contributed by atoms with Crippen molar-refractivity contribution in [2.75, 3.05) is 6.61 Å². The molecule has 0 aliphatic carbocycles. The summed E-state index contributed by atoms with van der Waals surface area (Å²) in [5.74, 6) is -0.212. The third kappa shape index (κ3) is 4.62. The third-order valence-corrected chi connectivity index (χ3v) is 2.85. The molecular formula is C15H18N4O3. The highest BCUT2D eigenvalue weighted by molar-refractivity contribution is 5.82. The molecule has 7 nitrogen and oxygen atoms in total. The molecule has 22 heavy (non-hydrogen) atoms. The van der Waals surface area contributed by atoms with Crippen LogP contribution in [0.4, 0.5) is 0 Å². The minimum atomic E-state index is -0.439. The second-order valence-corrected chi connectivity index (χ2v) is 4.78. The summed E-state index contributed by atoms with van der Waals surface area (Å²) >= 11 is 0. The average Bonchev–Trinajstić information content (AvgIpc) is 2.82. The summed E-state index contributed by atoms with van der Waals surface area (Å²) in [4.78, 5) is 23.3. The zero-order valence-corrected chi connectivity index (χ0v) is 12.5. The number of rotatable bonds is 5. The van der Waals surface area contributed by atoms with Crippen molar-refractivity contribution in [3.8, 4) is 5.75 Å². The molecule has 0 radical (unpaired) electrons. The molecule has 0 unspecified atom stereocenters. The Kier molecular flexibility index (Phi) is 5.13. The molecule has 0 spiro atoms. The number of carbonyl (C=O) groups excluding carboxylic acids is 2. The van der Waals surface area contributed by atoms with Gasteiger partial charge in [0.25, 0.3) is 11.8 Å². The molecule has 1 aromatic carbocycles. The number of para-hydroxylation sites is 1. The van der Waals surface area contributed by atoms with Crippen LogP contribution in [0.3, 0.4) is 0 Å². The fourth-order valence-electron chi connectivity index (χ4n) is 1.85. The third-order valence-electron chi connectivity index (χ3n) is 2.85. The van der Waals surface area contributed by atoms with Crippen LogP contribution in [0.25, 0.3) is 0 Å². The van der Waals surface area contributed by atoms with E-state index in [0.29, 0.717) is 5.75 Å². The summed E-state index contributed by atoms with van der Waals surface area (Å²) in [5.41, 5.74) is 6.34. The maximum atomic E-state index is 11.7. The highest BCUT2D eigenvalue weighted by Crippen LogP contribution is 2.07. The smallest absolute Gasteiger partial charge is 0.276 e. The van der Waals surface area contributed by atoms with E-state index in [4.69, 9.17) is 4.74 Å². The fourth-order valence-corrected chi connectivity index (χ4v) is 1.85. The van der Waals surface area contributed by atoms with Crippen molar-refractivity contribution in [1.82, 2.24) is 20.6 Å². The molecule has 1 heterocycles. The van der Waals surface area contributed by atoms with Crippen molar-refractivity contribution in [3.05, 3.63) is 47.8 Å². The fraction of sp³-hybridized carbons (Fsp3) is 0.267.